The minimum absolute atomic E-state index is 0.0167. The lowest BCUT2D eigenvalue weighted by atomic mass is 10.1. The van der Waals surface area contributed by atoms with E-state index >= 15 is 0 Å². The monoisotopic (exact) mass is 266 g/mol. The standard InChI is InChI=1S/C14H18O5/c1-10(14(16)18-3)8-13(15)19-9-11-4-6-12(17-2)7-5-11/h4-7,10H,8-9H2,1-3H3/t10-/m1/s1. The Morgan fingerprint density at radius 2 is 1.79 bits per heavy atom. The summed E-state index contributed by atoms with van der Waals surface area (Å²) in [7, 11) is 2.88. The van der Waals surface area contributed by atoms with E-state index in [9.17, 15) is 9.59 Å². The molecule has 0 radical (unpaired) electrons. The molecule has 1 rings (SSSR count). The van der Waals surface area contributed by atoms with Crippen LogP contribution in [0.2, 0.25) is 0 Å². The van der Waals surface area contributed by atoms with Gasteiger partial charge in [-0.15, -0.1) is 0 Å². The Hall–Kier alpha value is -2.04. The van der Waals surface area contributed by atoms with Crippen LogP contribution in [0.4, 0.5) is 0 Å². The number of hydrogen-bond acceptors (Lipinski definition) is 5. The van der Waals surface area contributed by atoms with Crippen molar-refractivity contribution in [1.29, 1.82) is 0 Å². The van der Waals surface area contributed by atoms with Gasteiger partial charge in [-0.3, -0.25) is 9.59 Å². The number of benzene rings is 1. The van der Waals surface area contributed by atoms with E-state index in [0.29, 0.717) is 0 Å². The Kier molecular flexibility index (Phi) is 5.85. The van der Waals surface area contributed by atoms with Crippen LogP contribution in [0.5, 0.6) is 5.75 Å². The van der Waals surface area contributed by atoms with Crippen LogP contribution in [0, 0.1) is 5.92 Å². The van der Waals surface area contributed by atoms with Crippen molar-refractivity contribution in [3.05, 3.63) is 29.8 Å². The Morgan fingerprint density at radius 1 is 1.16 bits per heavy atom. The van der Waals surface area contributed by atoms with Crippen LogP contribution in [0.3, 0.4) is 0 Å². The smallest absolute Gasteiger partial charge is 0.308 e. The second-order valence-electron chi connectivity index (χ2n) is 4.14. The third kappa shape index (κ3) is 4.99. The van der Waals surface area contributed by atoms with Crippen LogP contribution >= 0.6 is 0 Å². The molecule has 0 fully saturated rings. The summed E-state index contributed by atoms with van der Waals surface area (Å²) in [5.74, 6) is -0.585. The van der Waals surface area contributed by atoms with Crippen molar-refractivity contribution in [3.8, 4) is 5.75 Å². The van der Waals surface area contributed by atoms with Crippen LogP contribution in [0.25, 0.3) is 0 Å². The molecule has 0 heterocycles. The van der Waals surface area contributed by atoms with Crippen molar-refractivity contribution in [3.63, 3.8) is 0 Å². The molecule has 0 saturated carbocycles. The molecular formula is C14H18O5. The summed E-state index contributed by atoms with van der Waals surface area (Å²) in [6, 6.07) is 7.21. The second kappa shape index (κ2) is 7.41. The first-order valence-electron chi connectivity index (χ1n) is 5.93. The van der Waals surface area contributed by atoms with Gasteiger partial charge in [0.2, 0.25) is 0 Å². The van der Waals surface area contributed by atoms with Crippen LogP contribution in [-0.4, -0.2) is 26.2 Å². The Balaban J connectivity index is 2.39. The summed E-state index contributed by atoms with van der Waals surface area (Å²) in [5, 5.41) is 0. The zero-order chi connectivity index (χ0) is 14.3. The van der Waals surface area contributed by atoms with Gasteiger partial charge in [-0.05, 0) is 17.7 Å². The Bertz CT molecular complexity index is 424. The van der Waals surface area contributed by atoms with Crippen molar-refractivity contribution in [2.24, 2.45) is 5.92 Å². The minimum Gasteiger partial charge on any atom is -0.497 e. The fraction of sp³-hybridized carbons (Fsp3) is 0.429. The highest BCUT2D eigenvalue weighted by atomic mass is 16.5. The molecule has 0 aliphatic heterocycles. The van der Waals surface area contributed by atoms with Crippen molar-refractivity contribution in [2.75, 3.05) is 14.2 Å². The van der Waals surface area contributed by atoms with Gasteiger partial charge in [-0.2, -0.15) is 0 Å². The lowest BCUT2D eigenvalue weighted by Crippen LogP contribution is -2.18. The fourth-order valence-corrected chi connectivity index (χ4v) is 1.48. The molecule has 0 bridgehead atoms. The van der Waals surface area contributed by atoms with Gasteiger partial charge in [-0.25, -0.2) is 0 Å². The third-order valence-corrected chi connectivity index (χ3v) is 2.64. The number of ether oxygens (including phenoxy) is 3. The van der Waals surface area contributed by atoms with Gasteiger partial charge in [0.1, 0.15) is 12.4 Å². The van der Waals surface area contributed by atoms with Gasteiger partial charge in [0.05, 0.1) is 26.6 Å². The van der Waals surface area contributed by atoms with Gasteiger partial charge < -0.3 is 14.2 Å². The average Bonchev–Trinajstić information content (AvgIpc) is 2.44. The quantitative estimate of drug-likeness (QED) is 0.736. The van der Waals surface area contributed by atoms with Crippen molar-refractivity contribution >= 4 is 11.9 Å². The molecule has 5 nitrogen and oxygen atoms in total. The molecule has 0 spiro atoms. The lowest BCUT2D eigenvalue weighted by Gasteiger charge is -2.09. The molecule has 0 unspecified atom stereocenters. The van der Waals surface area contributed by atoms with Gasteiger partial charge in [0.15, 0.2) is 0 Å². The van der Waals surface area contributed by atoms with Crippen LogP contribution in [-0.2, 0) is 25.7 Å². The number of methoxy groups -OCH3 is 2. The van der Waals surface area contributed by atoms with E-state index in [1.165, 1.54) is 7.11 Å². The molecule has 19 heavy (non-hydrogen) atoms. The number of carbonyl (C=O) groups excluding carboxylic acids is 2. The molecule has 1 aromatic carbocycles. The van der Waals surface area contributed by atoms with E-state index in [1.54, 1.807) is 26.2 Å². The van der Waals surface area contributed by atoms with E-state index in [-0.39, 0.29) is 13.0 Å². The van der Waals surface area contributed by atoms with E-state index < -0.39 is 17.9 Å². The highest BCUT2D eigenvalue weighted by molar-refractivity contribution is 5.79. The molecule has 0 amide bonds. The normalized spacial score (nSPS) is 11.5. The van der Waals surface area contributed by atoms with E-state index in [0.717, 1.165) is 11.3 Å². The number of hydrogen-bond donors (Lipinski definition) is 0. The summed E-state index contributed by atoms with van der Waals surface area (Å²) in [6.07, 6.45) is 0.0167. The highest BCUT2D eigenvalue weighted by Crippen LogP contribution is 2.13. The van der Waals surface area contributed by atoms with Crippen LogP contribution < -0.4 is 4.74 Å². The van der Waals surface area contributed by atoms with Gasteiger partial charge >= 0.3 is 11.9 Å². The molecule has 0 aliphatic carbocycles. The average molecular weight is 266 g/mol. The van der Waals surface area contributed by atoms with Crippen LogP contribution in [0.15, 0.2) is 24.3 Å². The highest BCUT2D eigenvalue weighted by Gasteiger charge is 2.18. The minimum atomic E-state index is -0.492. The Labute approximate surface area is 112 Å². The van der Waals surface area contributed by atoms with E-state index in [2.05, 4.69) is 4.74 Å². The maximum absolute atomic E-state index is 11.5. The van der Waals surface area contributed by atoms with Crippen molar-refractivity contribution in [2.45, 2.75) is 20.0 Å². The fourth-order valence-electron chi connectivity index (χ4n) is 1.48. The predicted octanol–water partition coefficient (Wildman–Crippen LogP) is 1.94. The first kappa shape index (κ1) is 15.0. The largest absolute Gasteiger partial charge is 0.497 e. The maximum Gasteiger partial charge on any atom is 0.308 e. The van der Waals surface area contributed by atoms with Crippen molar-refractivity contribution in [1.82, 2.24) is 0 Å². The number of carbonyl (C=O) groups is 2. The Morgan fingerprint density at radius 3 is 2.32 bits per heavy atom. The first-order valence-corrected chi connectivity index (χ1v) is 5.93. The zero-order valence-corrected chi connectivity index (χ0v) is 11.3. The second-order valence-corrected chi connectivity index (χ2v) is 4.14. The molecule has 0 N–H and O–H groups in total. The van der Waals surface area contributed by atoms with Gasteiger partial charge in [0.25, 0.3) is 0 Å². The molecule has 0 aliphatic rings. The number of rotatable bonds is 6. The van der Waals surface area contributed by atoms with Gasteiger partial charge in [-0.1, -0.05) is 19.1 Å². The summed E-state index contributed by atoms with van der Waals surface area (Å²) < 4.78 is 14.6. The SMILES string of the molecule is COC(=O)[C@H](C)CC(=O)OCc1ccc(OC)cc1. The van der Waals surface area contributed by atoms with Crippen LogP contribution in [0.1, 0.15) is 18.9 Å². The summed E-state index contributed by atoms with van der Waals surface area (Å²) >= 11 is 0. The molecule has 0 aromatic heterocycles. The summed E-state index contributed by atoms with van der Waals surface area (Å²) in [6.45, 7) is 1.80. The van der Waals surface area contributed by atoms with Crippen molar-refractivity contribution < 1.29 is 23.8 Å². The third-order valence-electron chi connectivity index (χ3n) is 2.64. The predicted molar refractivity (Wildman–Crippen MR) is 68.6 cm³/mol. The topological polar surface area (TPSA) is 61.8 Å². The summed E-state index contributed by atoms with van der Waals surface area (Å²) in [4.78, 5) is 22.7. The lowest BCUT2D eigenvalue weighted by molar-refractivity contribution is -0.153. The first-order chi connectivity index (χ1) is 9.06. The molecule has 5 heteroatoms. The number of esters is 2. The molecule has 1 aromatic rings. The van der Waals surface area contributed by atoms with Gasteiger partial charge in [0, 0.05) is 0 Å². The molecule has 0 saturated heterocycles. The molecule has 104 valence electrons. The van der Waals surface area contributed by atoms with E-state index in [4.69, 9.17) is 9.47 Å². The summed E-state index contributed by atoms with van der Waals surface area (Å²) in [5.41, 5.74) is 0.861. The molecular weight excluding hydrogens is 248 g/mol. The maximum atomic E-state index is 11.5. The molecule has 1 atom stereocenters. The van der Waals surface area contributed by atoms with E-state index in [1.807, 2.05) is 12.1 Å². The zero-order valence-electron chi connectivity index (χ0n) is 11.3.